The molecule has 0 saturated heterocycles. The van der Waals surface area contributed by atoms with Gasteiger partial charge in [0.1, 0.15) is 6.61 Å². The molecule has 2 amide bonds. The quantitative estimate of drug-likeness (QED) is 0.497. The Bertz CT molecular complexity index is 362. The molecule has 1 saturated carbocycles. The molecule has 0 spiro atoms. The average molecular weight is 286 g/mol. The Labute approximate surface area is 117 Å². The Morgan fingerprint density at radius 1 is 1.15 bits per heavy atom. The summed E-state index contributed by atoms with van der Waals surface area (Å²) in [7, 11) is 0. The first kappa shape index (κ1) is 16.3. The number of primary amides is 1. The molecule has 0 bridgehead atoms. The van der Waals surface area contributed by atoms with Crippen molar-refractivity contribution in [3.63, 3.8) is 0 Å². The minimum atomic E-state index is -0.953. The lowest BCUT2D eigenvalue weighted by molar-refractivity contribution is -0.152. The second-order valence-corrected chi connectivity index (χ2v) is 5.19. The SMILES string of the molecule is NC(=O)OCCNC(=O)CC1(C(=O)O)CCCCCC1. The van der Waals surface area contributed by atoms with E-state index in [0.29, 0.717) is 12.8 Å². The summed E-state index contributed by atoms with van der Waals surface area (Å²) in [6, 6.07) is 0. The highest BCUT2D eigenvalue weighted by Crippen LogP contribution is 2.38. The Morgan fingerprint density at radius 3 is 2.25 bits per heavy atom. The Kier molecular flexibility index (Phi) is 6.27. The Hall–Kier alpha value is -1.79. The molecule has 0 heterocycles. The van der Waals surface area contributed by atoms with Crippen LogP contribution in [0.25, 0.3) is 0 Å². The number of hydrogen-bond donors (Lipinski definition) is 3. The van der Waals surface area contributed by atoms with Gasteiger partial charge in [-0.3, -0.25) is 9.59 Å². The van der Waals surface area contributed by atoms with Crippen molar-refractivity contribution in [3.05, 3.63) is 0 Å². The van der Waals surface area contributed by atoms with Gasteiger partial charge in [0.05, 0.1) is 12.0 Å². The van der Waals surface area contributed by atoms with E-state index in [1.807, 2.05) is 0 Å². The molecule has 20 heavy (non-hydrogen) atoms. The van der Waals surface area contributed by atoms with E-state index in [1.165, 1.54) is 0 Å². The van der Waals surface area contributed by atoms with Crippen LogP contribution in [0.4, 0.5) is 4.79 Å². The molecule has 0 aromatic heterocycles. The van der Waals surface area contributed by atoms with Crippen molar-refractivity contribution in [1.82, 2.24) is 5.32 Å². The van der Waals surface area contributed by atoms with Crippen molar-refractivity contribution < 1.29 is 24.2 Å². The first-order valence-electron chi connectivity index (χ1n) is 6.89. The third kappa shape index (κ3) is 5.07. The van der Waals surface area contributed by atoms with Gasteiger partial charge in [-0.25, -0.2) is 4.79 Å². The Balaban J connectivity index is 2.46. The summed E-state index contributed by atoms with van der Waals surface area (Å²) in [6.07, 6.45) is 3.85. The second kappa shape index (κ2) is 7.72. The van der Waals surface area contributed by atoms with E-state index in [-0.39, 0.29) is 25.5 Å². The summed E-state index contributed by atoms with van der Waals surface area (Å²) in [6.45, 7) is 0.124. The lowest BCUT2D eigenvalue weighted by atomic mass is 9.77. The van der Waals surface area contributed by atoms with E-state index in [2.05, 4.69) is 10.1 Å². The number of carboxylic acid groups (broad SMARTS) is 1. The first-order chi connectivity index (χ1) is 9.46. The predicted molar refractivity (Wildman–Crippen MR) is 70.9 cm³/mol. The van der Waals surface area contributed by atoms with Crippen LogP contribution in [0.2, 0.25) is 0 Å². The molecular weight excluding hydrogens is 264 g/mol. The number of amides is 2. The summed E-state index contributed by atoms with van der Waals surface area (Å²) in [5.41, 5.74) is 3.83. The predicted octanol–water partition coefficient (Wildman–Crippen LogP) is 1.01. The molecule has 0 unspecified atom stereocenters. The number of carbonyl (C=O) groups is 3. The molecule has 114 valence electrons. The van der Waals surface area contributed by atoms with Crippen LogP contribution < -0.4 is 11.1 Å². The van der Waals surface area contributed by atoms with Crippen molar-refractivity contribution in [2.75, 3.05) is 13.2 Å². The van der Waals surface area contributed by atoms with Gasteiger partial charge in [0.25, 0.3) is 0 Å². The van der Waals surface area contributed by atoms with Crippen LogP contribution in [0.15, 0.2) is 0 Å². The molecule has 0 aromatic carbocycles. The zero-order valence-corrected chi connectivity index (χ0v) is 11.5. The number of carbonyl (C=O) groups excluding carboxylic acids is 2. The van der Waals surface area contributed by atoms with Crippen LogP contribution in [-0.4, -0.2) is 36.2 Å². The summed E-state index contributed by atoms with van der Waals surface area (Å²) in [5, 5.41) is 12.0. The van der Waals surface area contributed by atoms with Crippen molar-refractivity contribution >= 4 is 18.0 Å². The molecule has 0 aliphatic heterocycles. The fraction of sp³-hybridized carbons (Fsp3) is 0.769. The van der Waals surface area contributed by atoms with Crippen LogP contribution in [0.5, 0.6) is 0 Å². The fourth-order valence-corrected chi connectivity index (χ4v) is 2.58. The number of nitrogens with one attached hydrogen (secondary N) is 1. The molecule has 4 N–H and O–H groups in total. The van der Waals surface area contributed by atoms with Crippen molar-refractivity contribution in [3.8, 4) is 0 Å². The molecule has 0 aromatic rings. The third-order valence-electron chi connectivity index (χ3n) is 3.68. The van der Waals surface area contributed by atoms with Crippen molar-refractivity contribution in [2.45, 2.75) is 44.9 Å². The molecule has 7 heteroatoms. The minimum Gasteiger partial charge on any atom is -0.481 e. The first-order valence-corrected chi connectivity index (χ1v) is 6.89. The average Bonchev–Trinajstić information content (AvgIpc) is 2.61. The zero-order chi connectivity index (χ0) is 15.0. The summed E-state index contributed by atoms with van der Waals surface area (Å²) in [5.74, 6) is -1.23. The lowest BCUT2D eigenvalue weighted by Crippen LogP contribution is -2.38. The van der Waals surface area contributed by atoms with Crippen LogP contribution >= 0.6 is 0 Å². The fourth-order valence-electron chi connectivity index (χ4n) is 2.58. The molecule has 0 atom stereocenters. The van der Waals surface area contributed by atoms with Gasteiger partial charge in [0.2, 0.25) is 5.91 Å². The number of nitrogens with two attached hydrogens (primary N) is 1. The largest absolute Gasteiger partial charge is 0.481 e. The van der Waals surface area contributed by atoms with Crippen LogP contribution in [0.1, 0.15) is 44.9 Å². The van der Waals surface area contributed by atoms with E-state index < -0.39 is 17.5 Å². The number of ether oxygens (including phenoxy) is 1. The van der Waals surface area contributed by atoms with Gasteiger partial charge in [0, 0.05) is 6.42 Å². The highest BCUT2D eigenvalue weighted by atomic mass is 16.5. The standard InChI is InChI=1S/C13H22N2O5/c14-12(19)20-8-7-15-10(16)9-13(11(17)18)5-3-1-2-4-6-13/h1-9H2,(H2,14,19)(H,15,16)(H,17,18). The van der Waals surface area contributed by atoms with E-state index in [1.54, 1.807) is 0 Å². The normalized spacial score (nSPS) is 17.8. The van der Waals surface area contributed by atoms with E-state index >= 15 is 0 Å². The second-order valence-electron chi connectivity index (χ2n) is 5.19. The van der Waals surface area contributed by atoms with Crippen molar-refractivity contribution in [2.24, 2.45) is 11.1 Å². The summed E-state index contributed by atoms with van der Waals surface area (Å²) < 4.78 is 4.48. The maximum atomic E-state index is 11.8. The number of rotatable bonds is 6. The van der Waals surface area contributed by atoms with Crippen molar-refractivity contribution in [1.29, 1.82) is 0 Å². The van der Waals surface area contributed by atoms with Gasteiger partial charge in [-0.05, 0) is 12.8 Å². The van der Waals surface area contributed by atoms with Crippen LogP contribution in [0, 0.1) is 5.41 Å². The topological polar surface area (TPSA) is 119 Å². The summed E-state index contributed by atoms with van der Waals surface area (Å²) in [4.78, 5) is 33.7. The molecule has 1 fully saturated rings. The Morgan fingerprint density at radius 2 is 1.75 bits per heavy atom. The van der Waals surface area contributed by atoms with E-state index in [9.17, 15) is 19.5 Å². The number of aliphatic carboxylic acids is 1. The molecule has 1 aliphatic rings. The maximum absolute atomic E-state index is 11.8. The highest BCUT2D eigenvalue weighted by molar-refractivity contribution is 5.85. The molecule has 7 nitrogen and oxygen atoms in total. The molecule has 0 radical (unpaired) electrons. The van der Waals surface area contributed by atoms with E-state index in [4.69, 9.17) is 5.73 Å². The number of carboxylic acids is 1. The van der Waals surface area contributed by atoms with Gasteiger partial charge in [-0.1, -0.05) is 25.7 Å². The zero-order valence-electron chi connectivity index (χ0n) is 11.5. The minimum absolute atomic E-state index is 0.0128. The molecule has 1 aliphatic carbocycles. The number of hydrogen-bond acceptors (Lipinski definition) is 4. The van der Waals surface area contributed by atoms with E-state index in [0.717, 1.165) is 25.7 Å². The van der Waals surface area contributed by atoms with Gasteiger partial charge in [-0.15, -0.1) is 0 Å². The third-order valence-corrected chi connectivity index (χ3v) is 3.68. The van der Waals surface area contributed by atoms with Gasteiger partial charge < -0.3 is 20.9 Å². The lowest BCUT2D eigenvalue weighted by Gasteiger charge is -2.27. The smallest absolute Gasteiger partial charge is 0.404 e. The molecular formula is C13H22N2O5. The van der Waals surface area contributed by atoms with Gasteiger partial charge in [-0.2, -0.15) is 0 Å². The molecule has 1 rings (SSSR count). The van der Waals surface area contributed by atoms with Gasteiger partial charge >= 0.3 is 12.1 Å². The van der Waals surface area contributed by atoms with Crippen LogP contribution in [0.3, 0.4) is 0 Å². The van der Waals surface area contributed by atoms with Crippen LogP contribution in [-0.2, 0) is 14.3 Å². The van der Waals surface area contributed by atoms with Gasteiger partial charge in [0.15, 0.2) is 0 Å². The maximum Gasteiger partial charge on any atom is 0.404 e. The monoisotopic (exact) mass is 286 g/mol. The summed E-state index contributed by atoms with van der Waals surface area (Å²) >= 11 is 0. The highest BCUT2D eigenvalue weighted by Gasteiger charge is 2.40.